The lowest BCUT2D eigenvalue weighted by Crippen LogP contribution is -2.49. The predicted octanol–water partition coefficient (Wildman–Crippen LogP) is 5.43. The molecule has 8 nitrogen and oxygen atoms in total. The summed E-state index contributed by atoms with van der Waals surface area (Å²) in [5.41, 5.74) is 4.38. The molecule has 0 fully saturated rings. The Bertz CT molecular complexity index is 1560. The predicted molar refractivity (Wildman–Crippen MR) is 161 cm³/mol. The topological polar surface area (TPSA) is 88.2 Å². The van der Waals surface area contributed by atoms with E-state index in [1.165, 1.54) is 12.0 Å². The average Bonchev–Trinajstić information content (AvgIpc) is 3.10. The van der Waals surface area contributed by atoms with E-state index in [9.17, 15) is 14.4 Å². The van der Waals surface area contributed by atoms with Crippen LogP contribution in [0.2, 0.25) is 0 Å². The van der Waals surface area contributed by atoms with Crippen molar-refractivity contribution < 1.29 is 23.9 Å². The fourth-order valence-electron chi connectivity index (χ4n) is 5.09. The maximum atomic E-state index is 14.4. The molecule has 8 heteroatoms. The lowest BCUT2D eigenvalue weighted by molar-refractivity contribution is -0.144. The second-order valence-corrected chi connectivity index (χ2v) is 10.1. The molecule has 1 atom stereocenters. The molecule has 0 bridgehead atoms. The standard InChI is InChI=1S/C34H33N3O5/c1-41-28-15-9-14-26(18-28)23-37-31(20-32(38)42-2)34(40)36(22-25-12-7-4-8-13-25)30-19-27(16-17-29(30)33(37)39)35-21-24-10-5-3-6-11-24/h3-19,31,35H,20-23H2,1-2H3/t31-/m0/s1. The molecular weight excluding hydrogens is 530 g/mol. The van der Waals surface area contributed by atoms with Crippen molar-refractivity contribution in [3.8, 4) is 5.75 Å². The highest BCUT2D eigenvalue weighted by Gasteiger charge is 2.41. The third-order valence-electron chi connectivity index (χ3n) is 7.30. The van der Waals surface area contributed by atoms with Gasteiger partial charge < -0.3 is 24.6 Å². The summed E-state index contributed by atoms with van der Waals surface area (Å²) in [4.78, 5) is 44.3. The molecule has 1 N–H and O–H groups in total. The third-order valence-corrected chi connectivity index (χ3v) is 7.30. The second-order valence-electron chi connectivity index (χ2n) is 10.1. The highest BCUT2D eigenvalue weighted by molar-refractivity contribution is 6.12. The van der Waals surface area contributed by atoms with E-state index in [2.05, 4.69) is 5.32 Å². The van der Waals surface area contributed by atoms with Gasteiger partial charge in [-0.25, -0.2) is 0 Å². The lowest BCUT2D eigenvalue weighted by atomic mass is 10.1. The van der Waals surface area contributed by atoms with Crippen molar-refractivity contribution in [1.29, 1.82) is 0 Å². The number of nitrogens with one attached hydrogen (secondary N) is 1. The van der Waals surface area contributed by atoms with Gasteiger partial charge in [-0.3, -0.25) is 14.4 Å². The van der Waals surface area contributed by atoms with E-state index in [0.717, 1.165) is 22.4 Å². The zero-order valence-electron chi connectivity index (χ0n) is 23.7. The van der Waals surface area contributed by atoms with Crippen LogP contribution >= 0.6 is 0 Å². The molecule has 5 rings (SSSR count). The van der Waals surface area contributed by atoms with Crippen LogP contribution < -0.4 is 15.0 Å². The quantitative estimate of drug-likeness (QED) is 0.259. The number of hydrogen-bond acceptors (Lipinski definition) is 6. The van der Waals surface area contributed by atoms with E-state index >= 15 is 0 Å². The van der Waals surface area contributed by atoms with E-state index in [4.69, 9.17) is 9.47 Å². The number of methoxy groups -OCH3 is 2. The number of amides is 2. The van der Waals surface area contributed by atoms with Gasteiger partial charge >= 0.3 is 5.97 Å². The molecule has 4 aromatic rings. The van der Waals surface area contributed by atoms with E-state index in [-0.39, 0.29) is 31.3 Å². The number of esters is 1. The van der Waals surface area contributed by atoms with E-state index in [1.807, 2.05) is 97.1 Å². The molecule has 1 heterocycles. The molecule has 214 valence electrons. The number of hydrogen-bond donors (Lipinski definition) is 1. The van der Waals surface area contributed by atoms with Gasteiger partial charge in [0.15, 0.2) is 0 Å². The van der Waals surface area contributed by atoms with Crippen LogP contribution in [-0.2, 0) is 34.0 Å². The summed E-state index contributed by atoms with van der Waals surface area (Å²) < 4.78 is 10.3. The number of carbonyl (C=O) groups is 3. The Morgan fingerprint density at radius 1 is 0.786 bits per heavy atom. The smallest absolute Gasteiger partial charge is 0.308 e. The number of ether oxygens (including phenoxy) is 2. The summed E-state index contributed by atoms with van der Waals surface area (Å²) in [5, 5.41) is 3.41. The minimum Gasteiger partial charge on any atom is -0.497 e. The van der Waals surface area contributed by atoms with Crippen LogP contribution in [-0.4, -0.2) is 42.9 Å². The maximum Gasteiger partial charge on any atom is 0.308 e. The Hall–Kier alpha value is -5.11. The molecule has 1 aliphatic rings. The molecule has 42 heavy (non-hydrogen) atoms. The molecule has 4 aromatic carbocycles. The zero-order valence-corrected chi connectivity index (χ0v) is 23.7. The van der Waals surface area contributed by atoms with Crippen molar-refractivity contribution in [3.63, 3.8) is 0 Å². The van der Waals surface area contributed by atoms with Gasteiger partial charge in [-0.1, -0.05) is 72.8 Å². The minimum absolute atomic E-state index is 0.107. The normalized spacial score (nSPS) is 14.7. The van der Waals surface area contributed by atoms with Crippen molar-refractivity contribution in [2.24, 2.45) is 0 Å². The van der Waals surface area contributed by atoms with E-state index < -0.39 is 12.0 Å². The first-order chi connectivity index (χ1) is 20.5. The van der Waals surface area contributed by atoms with Gasteiger partial charge in [-0.2, -0.15) is 0 Å². The fraction of sp³-hybridized carbons (Fsp3) is 0.206. The summed E-state index contributed by atoms with van der Waals surface area (Å²) in [7, 11) is 2.85. The third kappa shape index (κ3) is 6.44. The van der Waals surface area contributed by atoms with Crippen LogP contribution in [0.25, 0.3) is 0 Å². The van der Waals surface area contributed by atoms with Gasteiger partial charge in [0.2, 0.25) is 0 Å². The van der Waals surface area contributed by atoms with E-state index in [1.54, 1.807) is 18.1 Å². The molecule has 0 aromatic heterocycles. The van der Waals surface area contributed by atoms with Crippen molar-refractivity contribution >= 4 is 29.2 Å². The number of nitrogens with zero attached hydrogens (tertiary/aromatic N) is 2. The van der Waals surface area contributed by atoms with Crippen LogP contribution in [0, 0.1) is 0 Å². The van der Waals surface area contributed by atoms with Gasteiger partial charge in [-0.05, 0) is 47.0 Å². The number of benzene rings is 4. The van der Waals surface area contributed by atoms with Crippen molar-refractivity contribution in [3.05, 3.63) is 125 Å². The second kappa shape index (κ2) is 13.0. The lowest BCUT2D eigenvalue weighted by Gasteiger charge is -2.30. The molecule has 2 amide bonds. The maximum absolute atomic E-state index is 14.4. The summed E-state index contributed by atoms with van der Waals surface area (Å²) in [5.74, 6) is -0.654. The van der Waals surface area contributed by atoms with Gasteiger partial charge in [-0.15, -0.1) is 0 Å². The van der Waals surface area contributed by atoms with Gasteiger partial charge in [0, 0.05) is 18.8 Å². The average molecular weight is 564 g/mol. The molecule has 0 spiro atoms. The fourth-order valence-corrected chi connectivity index (χ4v) is 5.09. The first-order valence-electron chi connectivity index (χ1n) is 13.7. The summed E-state index contributed by atoms with van der Waals surface area (Å²) in [6.07, 6.45) is -0.274. The van der Waals surface area contributed by atoms with Crippen LogP contribution in [0.3, 0.4) is 0 Å². The molecule has 0 saturated heterocycles. The summed E-state index contributed by atoms with van der Waals surface area (Å²) in [6, 6.07) is 31.2. The number of rotatable bonds is 10. The van der Waals surface area contributed by atoms with Crippen molar-refractivity contribution in [1.82, 2.24) is 4.90 Å². The molecule has 0 unspecified atom stereocenters. The van der Waals surface area contributed by atoms with Gasteiger partial charge in [0.1, 0.15) is 11.8 Å². The van der Waals surface area contributed by atoms with Crippen LogP contribution in [0.4, 0.5) is 11.4 Å². The number of fused-ring (bicyclic) bond motifs is 1. The Morgan fingerprint density at radius 2 is 1.48 bits per heavy atom. The molecular formula is C34H33N3O5. The van der Waals surface area contributed by atoms with Gasteiger partial charge in [0.05, 0.1) is 38.4 Å². The number of anilines is 2. The van der Waals surface area contributed by atoms with E-state index in [0.29, 0.717) is 23.5 Å². The monoisotopic (exact) mass is 563 g/mol. The molecule has 0 aliphatic carbocycles. The van der Waals surface area contributed by atoms with Crippen molar-refractivity contribution in [2.45, 2.75) is 32.1 Å². The highest BCUT2D eigenvalue weighted by Crippen LogP contribution is 2.34. The molecule has 0 radical (unpaired) electrons. The first kappa shape index (κ1) is 28.4. The SMILES string of the molecule is COC(=O)C[C@H]1C(=O)N(Cc2ccccc2)c2cc(NCc3ccccc3)ccc2C(=O)N1Cc1cccc(OC)c1. The first-order valence-corrected chi connectivity index (χ1v) is 13.7. The van der Waals surface area contributed by atoms with Crippen LogP contribution in [0.5, 0.6) is 5.75 Å². The Balaban J connectivity index is 1.58. The van der Waals surface area contributed by atoms with Gasteiger partial charge in [0.25, 0.3) is 11.8 Å². The zero-order chi connectivity index (χ0) is 29.5. The minimum atomic E-state index is -1.08. The largest absolute Gasteiger partial charge is 0.497 e. The molecule has 1 aliphatic heterocycles. The number of carbonyl (C=O) groups excluding carboxylic acids is 3. The summed E-state index contributed by atoms with van der Waals surface area (Å²) >= 11 is 0. The Kier molecular flexibility index (Phi) is 8.82. The Morgan fingerprint density at radius 3 is 2.17 bits per heavy atom. The van der Waals surface area contributed by atoms with Crippen molar-refractivity contribution in [2.75, 3.05) is 24.4 Å². The molecule has 0 saturated carbocycles. The summed E-state index contributed by atoms with van der Waals surface area (Å²) in [6.45, 7) is 0.913. The highest BCUT2D eigenvalue weighted by atomic mass is 16.5. The van der Waals surface area contributed by atoms with Crippen LogP contribution in [0.1, 0.15) is 33.5 Å². The van der Waals surface area contributed by atoms with Crippen LogP contribution in [0.15, 0.2) is 103 Å². The Labute approximate surface area is 245 Å².